The van der Waals surface area contributed by atoms with E-state index in [1.54, 1.807) is 0 Å². The van der Waals surface area contributed by atoms with Gasteiger partial charge in [-0.1, -0.05) is 13.8 Å². The van der Waals surface area contributed by atoms with Crippen molar-refractivity contribution in [2.24, 2.45) is 11.8 Å². The van der Waals surface area contributed by atoms with Crippen molar-refractivity contribution in [2.45, 2.75) is 39.2 Å². The Kier molecular flexibility index (Phi) is 3.74. The minimum Gasteiger partial charge on any atom is -0.302 e. The summed E-state index contributed by atoms with van der Waals surface area (Å²) >= 11 is 0. The Morgan fingerprint density at radius 2 is 2.23 bits per heavy atom. The highest BCUT2D eigenvalue weighted by Gasteiger charge is 2.27. The Morgan fingerprint density at radius 3 is 2.77 bits per heavy atom. The van der Waals surface area contributed by atoms with E-state index < -0.39 is 0 Å². The number of nitrogens with zero attached hydrogens (tertiary/aromatic N) is 2. The van der Waals surface area contributed by atoms with E-state index in [0.29, 0.717) is 12.5 Å². The first-order chi connectivity index (χ1) is 6.15. The molecule has 2 heteroatoms. The second kappa shape index (κ2) is 4.62. The predicted molar refractivity (Wildman–Crippen MR) is 54.2 cm³/mol. The van der Waals surface area contributed by atoms with Crippen molar-refractivity contribution in [3.63, 3.8) is 0 Å². The van der Waals surface area contributed by atoms with E-state index in [1.807, 2.05) is 0 Å². The van der Waals surface area contributed by atoms with Crippen molar-refractivity contribution >= 4 is 0 Å². The summed E-state index contributed by atoms with van der Waals surface area (Å²) < 4.78 is 0. The maximum absolute atomic E-state index is 8.68. The van der Waals surface area contributed by atoms with Crippen molar-refractivity contribution in [1.29, 1.82) is 5.26 Å². The van der Waals surface area contributed by atoms with Crippen molar-refractivity contribution < 1.29 is 0 Å². The van der Waals surface area contributed by atoms with E-state index in [-0.39, 0.29) is 0 Å². The highest BCUT2D eigenvalue weighted by molar-refractivity contribution is 4.87. The predicted octanol–water partition coefficient (Wildman–Crippen LogP) is 2.27. The molecule has 1 fully saturated rings. The fourth-order valence-electron chi connectivity index (χ4n) is 2.15. The molecule has 74 valence electrons. The van der Waals surface area contributed by atoms with Crippen LogP contribution in [-0.4, -0.2) is 24.5 Å². The minimum absolute atomic E-state index is 0.506. The number of piperidine rings is 1. The number of nitriles is 1. The molecule has 1 rings (SSSR count). The van der Waals surface area contributed by atoms with Crippen LogP contribution < -0.4 is 0 Å². The molecule has 0 N–H and O–H groups in total. The van der Waals surface area contributed by atoms with E-state index in [9.17, 15) is 0 Å². The van der Waals surface area contributed by atoms with Crippen molar-refractivity contribution in [2.75, 3.05) is 13.6 Å². The Labute approximate surface area is 81.5 Å². The molecule has 0 saturated carbocycles. The Hall–Kier alpha value is -0.550. The molecule has 2 nitrogen and oxygen atoms in total. The fourth-order valence-corrected chi connectivity index (χ4v) is 2.15. The van der Waals surface area contributed by atoms with Crippen LogP contribution in [-0.2, 0) is 0 Å². The first kappa shape index (κ1) is 10.5. The van der Waals surface area contributed by atoms with Gasteiger partial charge in [0.05, 0.1) is 12.5 Å². The van der Waals surface area contributed by atoms with Gasteiger partial charge >= 0.3 is 0 Å². The molecule has 0 aromatic carbocycles. The first-order valence-corrected chi connectivity index (χ1v) is 5.22. The monoisotopic (exact) mass is 180 g/mol. The summed E-state index contributed by atoms with van der Waals surface area (Å²) in [4.78, 5) is 2.34. The number of hydrogen-bond donors (Lipinski definition) is 0. The van der Waals surface area contributed by atoms with Crippen LogP contribution >= 0.6 is 0 Å². The lowest BCUT2D eigenvalue weighted by Gasteiger charge is -2.37. The highest BCUT2D eigenvalue weighted by atomic mass is 15.1. The summed E-state index contributed by atoms with van der Waals surface area (Å²) in [7, 11) is 2.14. The number of likely N-dealkylation sites (tertiary alicyclic amines) is 1. The normalized spacial score (nSPS) is 30.4. The third-order valence-electron chi connectivity index (χ3n) is 3.32. The van der Waals surface area contributed by atoms with Gasteiger partial charge < -0.3 is 4.90 Å². The first-order valence-electron chi connectivity index (χ1n) is 5.22. The minimum atomic E-state index is 0.506. The SMILES string of the molecule is CC(C)C1CCN(C)[C@H](CC#N)C1. The zero-order chi connectivity index (χ0) is 9.84. The van der Waals surface area contributed by atoms with Gasteiger partial charge in [0.1, 0.15) is 0 Å². The van der Waals surface area contributed by atoms with Crippen LogP contribution in [0.1, 0.15) is 33.1 Å². The van der Waals surface area contributed by atoms with Crippen molar-refractivity contribution in [3.8, 4) is 6.07 Å². The number of rotatable bonds is 2. The molecule has 2 atom stereocenters. The highest BCUT2D eigenvalue weighted by Crippen LogP contribution is 2.28. The van der Waals surface area contributed by atoms with Crippen LogP contribution in [0.5, 0.6) is 0 Å². The van der Waals surface area contributed by atoms with Crippen LogP contribution in [0.25, 0.3) is 0 Å². The van der Waals surface area contributed by atoms with Crippen LogP contribution in [0.3, 0.4) is 0 Å². The molecule has 1 saturated heterocycles. The van der Waals surface area contributed by atoms with Crippen LogP contribution in [0, 0.1) is 23.2 Å². The van der Waals surface area contributed by atoms with Gasteiger partial charge in [0.2, 0.25) is 0 Å². The Balaban J connectivity index is 2.48. The zero-order valence-electron chi connectivity index (χ0n) is 8.95. The Bertz CT molecular complexity index is 193. The molecule has 0 spiro atoms. The van der Waals surface area contributed by atoms with E-state index in [0.717, 1.165) is 18.4 Å². The molecule has 1 aliphatic rings. The fraction of sp³-hybridized carbons (Fsp3) is 0.909. The van der Waals surface area contributed by atoms with Gasteiger partial charge in [-0.15, -0.1) is 0 Å². The third kappa shape index (κ3) is 2.70. The van der Waals surface area contributed by atoms with Gasteiger partial charge in [-0.3, -0.25) is 0 Å². The largest absolute Gasteiger partial charge is 0.302 e. The maximum atomic E-state index is 8.68. The summed E-state index contributed by atoms with van der Waals surface area (Å²) in [6.07, 6.45) is 3.21. The molecule has 0 amide bonds. The average molecular weight is 180 g/mol. The Morgan fingerprint density at radius 1 is 1.54 bits per heavy atom. The summed E-state index contributed by atoms with van der Waals surface area (Å²) in [6, 6.07) is 2.79. The molecule has 1 unspecified atom stereocenters. The van der Waals surface area contributed by atoms with E-state index in [1.165, 1.54) is 12.8 Å². The molecule has 0 bridgehead atoms. The molecule has 0 radical (unpaired) electrons. The van der Waals surface area contributed by atoms with Crippen molar-refractivity contribution in [3.05, 3.63) is 0 Å². The van der Waals surface area contributed by atoms with Gasteiger partial charge in [0, 0.05) is 6.04 Å². The second-order valence-electron chi connectivity index (χ2n) is 4.53. The molecule has 0 aromatic heterocycles. The quantitative estimate of drug-likeness (QED) is 0.652. The molecule has 1 heterocycles. The lowest BCUT2D eigenvalue weighted by molar-refractivity contribution is 0.120. The van der Waals surface area contributed by atoms with Gasteiger partial charge in [-0.25, -0.2) is 0 Å². The van der Waals surface area contributed by atoms with Gasteiger partial charge in [0.25, 0.3) is 0 Å². The number of hydrogen-bond acceptors (Lipinski definition) is 2. The van der Waals surface area contributed by atoms with Crippen LogP contribution in [0.4, 0.5) is 0 Å². The zero-order valence-corrected chi connectivity index (χ0v) is 8.95. The lowest BCUT2D eigenvalue weighted by Crippen LogP contribution is -2.40. The smallest absolute Gasteiger partial charge is 0.0638 e. The maximum Gasteiger partial charge on any atom is 0.0638 e. The van der Waals surface area contributed by atoms with Crippen molar-refractivity contribution in [1.82, 2.24) is 4.90 Å². The summed E-state index contributed by atoms with van der Waals surface area (Å²) in [6.45, 7) is 5.74. The van der Waals surface area contributed by atoms with Crippen LogP contribution in [0.2, 0.25) is 0 Å². The molecule has 0 aliphatic carbocycles. The average Bonchev–Trinajstić information content (AvgIpc) is 2.08. The van der Waals surface area contributed by atoms with E-state index in [4.69, 9.17) is 5.26 Å². The molecule has 0 aromatic rings. The standard InChI is InChI=1S/C11H20N2/c1-9(2)10-5-7-13(3)11(8-10)4-6-12/h9-11H,4-5,7-8H2,1-3H3/t10?,11-/m1/s1. The van der Waals surface area contributed by atoms with Gasteiger partial charge in [-0.05, 0) is 38.3 Å². The van der Waals surface area contributed by atoms with E-state index in [2.05, 4.69) is 31.9 Å². The van der Waals surface area contributed by atoms with E-state index >= 15 is 0 Å². The molecular formula is C11H20N2. The van der Waals surface area contributed by atoms with Gasteiger partial charge in [0.15, 0.2) is 0 Å². The molecule has 13 heavy (non-hydrogen) atoms. The summed E-state index contributed by atoms with van der Waals surface area (Å²) in [5.74, 6) is 1.60. The topological polar surface area (TPSA) is 27.0 Å². The molecular weight excluding hydrogens is 160 g/mol. The molecule has 1 aliphatic heterocycles. The summed E-state index contributed by atoms with van der Waals surface area (Å²) in [5, 5.41) is 8.68. The summed E-state index contributed by atoms with van der Waals surface area (Å²) in [5.41, 5.74) is 0. The third-order valence-corrected chi connectivity index (χ3v) is 3.32. The lowest BCUT2D eigenvalue weighted by atomic mass is 9.82. The van der Waals surface area contributed by atoms with Gasteiger partial charge in [-0.2, -0.15) is 5.26 Å². The second-order valence-corrected chi connectivity index (χ2v) is 4.53. The van der Waals surface area contributed by atoms with Crippen LogP contribution in [0.15, 0.2) is 0 Å².